The van der Waals surface area contributed by atoms with Crippen molar-refractivity contribution in [1.29, 1.82) is 0 Å². The van der Waals surface area contributed by atoms with E-state index in [1.54, 1.807) is 7.05 Å². The Labute approximate surface area is 122 Å². The van der Waals surface area contributed by atoms with Gasteiger partial charge in [-0.25, -0.2) is 13.1 Å². The summed E-state index contributed by atoms with van der Waals surface area (Å²) in [4.78, 5) is 4.05. The molecule has 0 aromatic rings. The quantitative estimate of drug-likeness (QED) is 0.282. The lowest BCUT2D eigenvalue weighted by Gasteiger charge is -2.12. The number of guanidine groups is 1. The summed E-state index contributed by atoms with van der Waals surface area (Å²) in [5.74, 6) is 0.661. The zero-order valence-electron chi connectivity index (χ0n) is 12.7. The van der Waals surface area contributed by atoms with Gasteiger partial charge in [0.2, 0.25) is 10.0 Å². The van der Waals surface area contributed by atoms with E-state index in [0.29, 0.717) is 19.0 Å². The van der Waals surface area contributed by atoms with E-state index in [0.717, 1.165) is 45.3 Å². The van der Waals surface area contributed by atoms with Gasteiger partial charge in [0.05, 0.1) is 6.26 Å². The maximum absolute atomic E-state index is 10.9. The first kappa shape index (κ1) is 19.1. The summed E-state index contributed by atoms with van der Waals surface area (Å²) in [7, 11) is -1.45. The van der Waals surface area contributed by atoms with Gasteiger partial charge in [-0.1, -0.05) is 13.3 Å². The van der Waals surface area contributed by atoms with E-state index in [4.69, 9.17) is 4.74 Å². The molecule has 0 atom stereocenters. The Morgan fingerprint density at radius 3 is 2.35 bits per heavy atom. The predicted molar refractivity (Wildman–Crippen MR) is 82.6 cm³/mol. The Morgan fingerprint density at radius 2 is 1.75 bits per heavy atom. The average Bonchev–Trinajstić information content (AvgIpc) is 2.39. The molecule has 0 spiro atoms. The lowest BCUT2D eigenvalue weighted by atomic mass is 10.4. The minimum atomic E-state index is -3.13. The van der Waals surface area contributed by atoms with Gasteiger partial charge >= 0.3 is 0 Å². The molecule has 0 aromatic carbocycles. The van der Waals surface area contributed by atoms with E-state index in [-0.39, 0.29) is 0 Å². The van der Waals surface area contributed by atoms with E-state index < -0.39 is 10.0 Å². The number of unbranched alkanes of at least 4 members (excludes halogenated alkanes) is 1. The second kappa shape index (κ2) is 11.9. The van der Waals surface area contributed by atoms with Crippen LogP contribution in [0.25, 0.3) is 0 Å². The summed E-state index contributed by atoms with van der Waals surface area (Å²) in [6.45, 7) is 5.28. The third-order valence-corrected chi connectivity index (χ3v) is 3.13. The zero-order chi connectivity index (χ0) is 15.3. The van der Waals surface area contributed by atoms with Gasteiger partial charge in [-0.2, -0.15) is 0 Å². The molecule has 0 aliphatic rings. The van der Waals surface area contributed by atoms with Crippen molar-refractivity contribution >= 4 is 16.0 Å². The largest absolute Gasteiger partial charge is 0.381 e. The molecule has 20 heavy (non-hydrogen) atoms. The molecule has 0 aromatic heterocycles. The fraction of sp³-hybridized carbons (Fsp3) is 0.917. The van der Waals surface area contributed by atoms with Gasteiger partial charge in [0.15, 0.2) is 5.96 Å². The van der Waals surface area contributed by atoms with Gasteiger partial charge < -0.3 is 15.4 Å². The molecule has 0 rings (SSSR count). The molecule has 0 heterocycles. The Hall–Kier alpha value is -0.860. The van der Waals surface area contributed by atoms with Gasteiger partial charge in [0, 0.05) is 39.9 Å². The maximum atomic E-state index is 10.9. The van der Waals surface area contributed by atoms with E-state index >= 15 is 0 Å². The van der Waals surface area contributed by atoms with E-state index in [2.05, 4.69) is 27.3 Å². The molecular weight excluding hydrogens is 280 g/mol. The summed E-state index contributed by atoms with van der Waals surface area (Å²) < 4.78 is 29.6. The lowest BCUT2D eigenvalue weighted by Crippen LogP contribution is -2.41. The van der Waals surface area contributed by atoms with Crippen LogP contribution in [-0.2, 0) is 14.8 Å². The van der Waals surface area contributed by atoms with Crippen molar-refractivity contribution in [1.82, 2.24) is 15.4 Å². The van der Waals surface area contributed by atoms with Crippen LogP contribution in [0.1, 0.15) is 26.2 Å². The third-order valence-electron chi connectivity index (χ3n) is 2.41. The molecule has 8 heteroatoms. The molecule has 0 amide bonds. The number of hydrogen-bond acceptors (Lipinski definition) is 4. The van der Waals surface area contributed by atoms with Crippen molar-refractivity contribution in [2.75, 3.05) is 46.2 Å². The molecule has 7 nitrogen and oxygen atoms in total. The Balaban J connectivity index is 3.53. The number of ether oxygens (including phenoxy) is 1. The summed E-state index contributed by atoms with van der Waals surface area (Å²) in [6.07, 6.45) is 4.30. The molecule has 0 fully saturated rings. The molecule has 0 saturated carbocycles. The molecule has 0 aliphatic heterocycles. The van der Waals surface area contributed by atoms with Gasteiger partial charge in [-0.05, 0) is 12.8 Å². The summed E-state index contributed by atoms with van der Waals surface area (Å²) in [5.41, 5.74) is 0. The van der Waals surface area contributed by atoms with Crippen LogP contribution in [0.2, 0.25) is 0 Å². The minimum absolute atomic E-state index is 0.333. The second-order valence-corrected chi connectivity index (χ2v) is 6.24. The number of rotatable bonds is 11. The maximum Gasteiger partial charge on any atom is 0.208 e. The van der Waals surface area contributed by atoms with Crippen LogP contribution in [-0.4, -0.2) is 60.5 Å². The predicted octanol–water partition coefficient (Wildman–Crippen LogP) is -0.0926. The first-order valence-electron chi connectivity index (χ1n) is 6.96. The molecule has 0 bridgehead atoms. The first-order chi connectivity index (χ1) is 9.49. The van der Waals surface area contributed by atoms with Gasteiger partial charge in [-0.3, -0.25) is 4.99 Å². The number of nitrogens with zero attached hydrogens (tertiary/aromatic N) is 1. The minimum Gasteiger partial charge on any atom is -0.381 e. The topological polar surface area (TPSA) is 91.8 Å². The first-order valence-corrected chi connectivity index (χ1v) is 8.85. The van der Waals surface area contributed by atoms with Crippen molar-refractivity contribution in [3.8, 4) is 0 Å². The normalized spacial score (nSPS) is 12.4. The van der Waals surface area contributed by atoms with Crippen LogP contribution < -0.4 is 15.4 Å². The molecule has 0 saturated heterocycles. The SMILES string of the molecule is CCCCOCCCNC(=NC)NCCNS(C)(=O)=O. The van der Waals surface area contributed by atoms with Crippen molar-refractivity contribution in [2.24, 2.45) is 4.99 Å². The lowest BCUT2D eigenvalue weighted by molar-refractivity contribution is 0.129. The number of aliphatic imine (C=N–C) groups is 1. The van der Waals surface area contributed by atoms with Crippen molar-refractivity contribution in [3.05, 3.63) is 0 Å². The van der Waals surface area contributed by atoms with Crippen molar-refractivity contribution < 1.29 is 13.2 Å². The van der Waals surface area contributed by atoms with Crippen LogP contribution in [0, 0.1) is 0 Å². The molecule has 0 unspecified atom stereocenters. The van der Waals surface area contributed by atoms with E-state index in [1.807, 2.05) is 0 Å². The summed E-state index contributed by atoms with van der Waals surface area (Å²) in [5, 5.41) is 6.16. The van der Waals surface area contributed by atoms with Crippen LogP contribution in [0.4, 0.5) is 0 Å². The number of sulfonamides is 1. The van der Waals surface area contributed by atoms with Gasteiger partial charge in [-0.15, -0.1) is 0 Å². The fourth-order valence-electron chi connectivity index (χ4n) is 1.37. The summed E-state index contributed by atoms with van der Waals surface area (Å²) >= 11 is 0. The molecule has 0 aliphatic carbocycles. The smallest absolute Gasteiger partial charge is 0.208 e. The van der Waals surface area contributed by atoms with Gasteiger partial charge in [0.25, 0.3) is 0 Å². The van der Waals surface area contributed by atoms with E-state index in [1.165, 1.54) is 0 Å². The second-order valence-electron chi connectivity index (χ2n) is 4.41. The Morgan fingerprint density at radius 1 is 1.10 bits per heavy atom. The fourth-order valence-corrected chi connectivity index (χ4v) is 1.84. The highest BCUT2D eigenvalue weighted by atomic mass is 32.2. The summed E-state index contributed by atoms with van der Waals surface area (Å²) in [6, 6.07) is 0. The monoisotopic (exact) mass is 308 g/mol. The van der Waals surface area contributed by atoms with Crippen molar-refractivity contribution in [3.63, 3.8) is 0 Å². The van der Waals surface area contributed by atoms with Crippen LogP contribution in [0.5, 0.6) is 0 Å². The highest BCUT2D eigenvalue weighted by Gasteiger charge is 2.00. The van der Waals surface area contributed by atoms with Crippen LogP contribution in [0.3, 0.4) is 0 Å². The Bertz CT molecular complexity index is 358. The van der Waals surface area contributed by atoms with Crippen LogP contribution in [0.15, 0.2) is 4.99 Å². The third kappa shape index (κ3) is 13.6. The highest BCUT2D eigenvalue weighted by Crippen LogP contribution is 1.89. The molecule has 3 N–H and O–H groups in total. The van der Waals surface area contributed by atoms with Crippen LogP contribution >= 0.6 is 0 Å². The van der Waals surface area contributed by atoms with E-state index in [9.17, 15) is 8.42 Å². The van der Waals surface area contributed by atoms with Gasteiger partial charge in [0.1, 0.15) is 0 Å². The number of nitrogens with one attached hydrogen (secondary N) is 3. The molecule has 0 radical (unpaired) electrons. The zero-order valence-corrected chi connectivity index (χ0v) is 13.6. The average molecular weight is 308 g/mol. The Kier molecular flexibility index (Phi) is 11.4. The molecular formula is C12H28N4O3S. The van der Waals surface area contributed by atoms with Crippen molar-refractivity contribution in [2.45, 2.75) is 26.2 Å². The molecule has 120 valence electrons. The standard InChI is InChI=1S/C12H28N4O3S/c1-4-5-10-19-11-6-7-14-12(13-2)15-8-9-16-20(3,17)18/h16H,4-11H2,1-3H3,(H2,13,14,15). The highest BCUT2D eigenvalue weighted by molar-refractivity contribution is 7.88. The number of hydrogen-bond donors (Lipinski definition) is 3.